The van der Waals surface area contributed by atoms with Gasteiger partial charge in [-0.15, -0.1) is 0 Å². The largest absolute Gasteiger partial charge is 0.332 e. The SMILES string of the molecule is O=c1c2ccccc2[nH]c(=S)n1C1CC1c1ccccc1. The van der Waals surface area contributed by atoms with Crippen molar-refractivity contribution in [3.05, 3.63) is 75.3 Å². The second-order valence-electron chi connectivity index (χ2n) is 5.47. The van der Waals surface area contributed by atoms with E-state index in [0.717, 1.165) is 11.9 Å². The van der Waals surface area contributed by atoms with Gasteiger partial charge in [0.05, 0.1) is 10.9 Å². The molecular weight excluding hydrogens is 280 g/mol. The summed E-state index contributed by atoms with van der Waals surface area (Å²) in [5.74, 6) is 0.389. The summed E-state index contributed by atoms with van der Waals surface area (Å²) in [5.41, 5.74) is 2.09. The molecule has 0 bridgehead atoms. The number of hydrogen-bond donors (Lipinski definition) is 1. The van der Waals surface area contributed by atoms with Crippen LogP contribution in [0.5, 0.6) is 0 Å². The van der Waals surface area contributed by atoms with Gasteiger partial charge in [-0.3, -0.25) is 9.36 Å². The maximum atomic E-state index is 12.7. The van der Waals surface area contributed by atoms with E-state index in [0.29, 0.717) is 16.1 Å². The first-order chi connectivity index (χ1) is 10.3. The summed E-state index contributed by atoms with van der Waals surface area (Å²) in [6.45, 7) is 0. The molecule has 1 saturated carbocycles. The Hall–Kier alpha value is -2.20. The van der Waals surface area contributed by atoms with Crippen LogP contribution >= 0.6 is 12.2 Å². The van der Waals surface area contributed by atoms with E-state index in [1.807, 2.05) is 42.5 Å². The number of nitrogens with one attached hydrogen (secondary N) is 1. The molecule has 0 aliphatic heterocycles. The smallest absolute Gasteiger partial charge is 0.262 e. The lowest BCUT2D eigenvalue weighted by Crippen LogP contribution is -2.21. The van der Waals surface area contributed by atoms with Crippen LogP contribution in [-0.4, -0.2) is 9.55 Å². The second-order valence-corrected chi connectivity index (χ2v) is 5.86. The molecule has 2 aromatic carbocycles. The molecule has 0 saturated heterocycles. The van der Waals surface area contributed by atoms with Crippen LogP contribution < -0.4 is 5.56 Å². The highest BCUT2D eigenvalue weighted by Crippen LogP contribution is 2.50. The summed E-state index contributed by atoms with van der Waals surface area (Å²) < 4.78 is 2.26. The standard InChI is InChI=1S/C17H14N2OS/c20-16-12-8-4-5-9-14(12)18-17(21)19(16)15-10-13(15)11-6-2-1-3-7-11/h1-9,13,15H,10H2,(H,18,21). The fourth-order valence-electron chi connectivity index (χ4n) is 3.00. The topological polar surface area (TPSA) is 37.8 Å². The molecule has 0 amide bonds. The maximum Gasteiger partial charge on any atom is 0.262 e. The molecule has 4 rings (SSSR count). The van der Waals surface area contributed by atoms with Crippen molar-refractivity contribution in [2.24, 2.45) is 0 Å². The summed E-state index contributed by atoms with van der Waals surface area (Å²) in [5, 5.41) is 0.699. The Bertz CT molecular complexity index is 927. The van der Waals surface area contributed by atoms with Crippen molar-refractivity contribution in [3.63, 3.8) is 0 Å². The van der Waals surface area contributed by atoms with Crippen LogP contribution in [0.15, 0.2) is 59.4 Å². The molecule has 1 N–H and O–H groups in total. The average molecular weight is 294 g/mol. The first kappa shape index (κ1) is 12.5. The monoisotopic (exact) mass is 294 g/mol. The van der Waals surface area contributed by atoms with Gasteiger partial charge in [0.25, 0.3) is 5.56 Å². The molecule has 0 radical (unpaired) electrons. The molecule has 21 heavy (non-hydrogen) atoms. The van der Waals surface area contributed by atoms with Gasteiger partial charge in [-0.1, -0.05) is 42.5 Å². The maximum absolute atomic E-state index is 12.7. The molecule has 1 aromatic heterocycles. The van der Waals surface area contributed by atoms with Gasteiger partial charge in [0.1, 0.15) is 0 Å². The average Bonchev–Trinajstić information content (AvgIpc) is 3.28. The molecular formula is C17H14N2OS. The molecule has 1 aliphatic carbocycles. The zero-order valence-corrected chi connectivity index (χ0v) is 12.1. The van der Waals surface area contributed by atoms with Gasteiger partial charge in [0.2, 0.25) is 0 Å². The summed E-state index contributed by atoms with van der Waals surface area (Å²) in [6, 6.07) is 18.0. The zero-order valence-electron chi connectivity index (χ0n) is 11.3. The number of aromatic nitrogens is 2. The van der Waals surface area contributed by atoms with Gasteiger partial charge in [-0.25, -0.2) is 0 Å². The van der Waals surface area contributed by atoms with Crippen molar-refractivity contribution in [2.75, 3.05) is 0 Å². The fourth-order valence-corrected chi connectivity index (χ4v) is 3.33. The van der Waals surface area contributed by atoms with Crippen LogP contribution in [-0.2, 0) is 0 Å². The van der Waals surface area contributed by atoms with Gasteiger partial charge in [0, 0.05) is 12.0 Å². The van der Waals surface area contributed by atoms with E-state index in [2.05, 4.69) is 17.1 Å². The first-order valence-corrected chi connectivity index (χ1v) is 7.45. The van der Waals surface area contributed by atoms with Gasteiger partial charge in [-0.05, 0) is 36.3 Å². The van der Waals surface area contributed by atoms with Crippen molar-refractivity contribution in [2.45, 2.75) is 18.4 Å². The van der Waals surface area contributed by atoms with Gasteiger partial charge >= 0.3 is 0 Å². The Morgan fingerprint density at radius 2 is 1.76 bits per heavy atom. The van der Waals surface area contributed by atoms with Crippen molar-refractivity contribution >= 4 is 23.1 Å². The molecule has 1 fully saturated rings. The Balaban J connectivity index is 1.83. The van der Waals surface area contributed by atoms with Crippen LogP contribution in [0, 0.1) is 4.77 Å². The molecule has 3 nitrogen and oxygen atoms in total. The Labute approximate surface area is 126 Å². The minimum atomic E-state index is 0.0118. The highest BCUT2D eigenvalue weighted by Gasteiger charge is 2.41. The number of rotatable bonds is 2. The van der Waals surface area contributed by atoms with Crippen molar-refractivity contribution in [1.82, 2.24) is 9.55 Å². The molecule has 2 atom stereocenters. The number of nitrogens with zero attached hydrogens (tertiary/aromatic N) is 1. The third-order valence-corrected chi connectivity index (χ3v) is 4.45. The predicted octanol–water partition coefficient (Wildman–Crippen LogP) is 3.79. The summed E-state index contributed by atoms with van der Waals surface area (Å²) in [7, 11) is 0. The van der Waals surface area contributed by atoms with Crippen LogP contribution in [0.3, 0.4) is 0 Å². The zero-order chi connectivity index (χ0) is 14.4. The van der Waals surface area contributed by atoms with Crippen LogP contribution in [0.2, 0.25) is 0 Å². The molecule has 1 heterocycles. The number of benzene rings is 2. The lowest BCUT2D eigenvalue weighted by atomic mass is 10.1. The summed E-state index contributed by atoms with van der Waals surface area (Å²) in [6.07, 6.45) is 0.972. The van der Waals surface area contributed by atoms with Crippen molar-refractivity contribution < 1.29 is 0 Å². The normalized spacial score (nSPS) is 20.6. The van der Waals surface area contributed by atoms with E-state index in [1.54, 1.807) is 4.57 Å². The Morgan fingerprint density at radius 1 is 1.05 bits per heavy atom. The highest BCUT2D eigenvalue weighted by atomic mass is 32.1. The van der Waals surface area contributed by atoms with Gasteiger partial charge in [0.15, 0.2) is 4.77 Å². The van der Waals surface area contributed by atoms with E-state index in [1.165, 1.54) is 5.56 Å². The molecule has 1 aliphatic rings. The lowest BCUT2D eigenvalue weighted by molar-refractivity contribution is 0.667. The van der Waals surface area contributed by atoms with E-state index in [4.69, 9.17) is 12.2 Å². The Morgan fingerprint density at radius 3 is 2.57 bits per heavy atom. The van der Waals surface area contributed by atoms with Crippen LogP contribution in [0.4, 0.5) is 0 Å². The number of fused-ring (bicyclic) bond motifs is 1. The predicted molar refractivity (Wildman–Crippen MR) is 86.2 cm³/mol. The molecule has 0 spiro atoms. The number of para-hydroxylation sites is 1. The molecule has 3 aromatic rings. The lowest BCUT2D eigenvalue weighted by Gasteiger charge is -2.08. The number of aromatic amines is 1. The quantitative estimate of drug-likeness (QED) is 0.730. The number of hydrogen-bond acceptors (Lipinski definition) is 2. The third kappa shape index (κ3) is 2.03. The van der Waals surface area contributed by atoms with Gasteiger partial charge < -0.3 is 4.98 Å². The van der Waals surface area contributed by atoms with Crippen LogP contribution in [0.1, 0.15) is 23.9 Å². The van der Waals surface area contributed by atoms with Gasteiger partial charge in [-0.2, -0.15) is 0 Å². The highest BCUT2D eigenvalue weighted by molar-refractivity contribution is 7.71. The molecule has 104 valence electrons. The van der Waals surface area contributed by atoms with Crippen LogP contribution in [0.25, 0.3) is 10.9 Å². The Kier molecular flexibility index (Phi) is 2.79. The third-order valence-electron chi connectivity index (χ3n) is 4.15. The first-order valence-electron chi connectivity index (χ1n) is 7.04. The minimum Gasteiger partial charge on any atom is -0.332 e. The summed E-state index contributed by atoms with van der Waals surface area (Å²) in [4.78, 5) is 15.9. The summed E-state index contributed by atoms with van der Waals surface area (Å²) >= 11 is 5.39. The fraction of sp³-hybridized carbons (Fsp3) is 0.176. The number of H-pyrrole nitrogens is 1. The van der Waals surface area contributed by atoms with E-state index in [9.17, 15) is 4.79 Å². The van der Waals surface area contributed by atoms with Crippen molar-refractivity contribution in [3.8, 4) is 0 Å². The van der Waals surface area contributed by atoms with Crippen molar-refractivity contribution in [1.29, 1.82) is 0 Å². The van der Waals surface area contributed by atoms with E-state index < -0.39 is 0 Å². The molecule has 4 heteroatoms. The second kappa shape index (κ2) is 4.67. The van der Waals surface area contributed by atoms with E-state index >= 15 is 0 Å². The minimum absolute atomic E-state index is 0.0118. The van der Waals surface area contributed by atoms with E-state index in [-0.39, 0.29) is 11.6 Å². The molecule has 2 unspecified atom stereocenters.